The van der Waals surface area contributed by atoms with E-state index in [-0.39, 0.29) is 0 Å². The molecular formula is C10H17N3O2. The molecular weight excluding hydrogens is 194 g/mol. The highest BCUT2D eigenvalue weighted by molar-refractivity contribution is 5.86. The van der Waals surface area contributed by atoms with Gasteiger partial charge in [-0.1, -0.05) is 6.07 Å². The van der Waals surface area contributed by atoms with Gasteiger partial charge in [0.05, 0.1) is 7.11 Å². The summed E-state index contributed by atoms with van der Waals surface area (Å²) >= 11 is 0. The van der Waals surface area contributed by atoms with Crippen molar-refractivity contribution in [2.24, 2.45) is 5.73 Å². The van der Waals surface area contributed by atoms with Crippen LogP contribution in [0.25, 0.3) is 0 Å². The van der Waals surface area contributed by atoms with Gasteiger partial charge in [0.15, 0.2) is 0 Å². The van der Waals surface area contributed by atoms with E-state index in [1.807, 2.05) is 14.1 Å². The Morgan fingerprint density at radius 2 is 2.13 bits per heavy atom. The molecule has 0 aromatic carbocycles. The minimum atomic E-state index is -0.432. The molecule has 0 unspecified atom stereocenters. The lowest BCUT2D eigenvalue weighted by molar-refractivity contribution is 0.0594. The summed E-state index contributed by atoms with van der Waals surface area (Å²) in [6.45, 7) is 0.425. The molecule has 0 spiro atoms. The molecule has 84 valence electrons. The summed E-state index contributed by atoms with van der Waals surface area (Å²) in [7, 11) is 5.07. The Balaban J connectivity index is 0.000000583. The fourth-order valence-electron chi connectivity index (χ4n) is 0.771. The van der Waals surface area contributed by atoms with Crippen LogP contribution in [0.15, 0.2) is 18.3 Å². The molecule has 1 aromatic heterocycles. The van der Waals surface area contributed by atoms with E-state index in [1.165, 1.54) is 7.11 Å². The Morgan fingerprint density at radius 1 is 1.53 bits per heavy atom. The van der Waals surface area contributed by atoms with E-state index < -0.39 is 5.97 Å². The van der Waals surface area contributed by atoms with Crippen LogP contribution in [-0.4, -0.2) is 32.2 Å². The maximum atomic E-state index is 10.9. The van der Waals surface area contributed by atoms with Crippen LogP contribution in [0.3, 0.4) is 0 Å². The van der Waals surface area contributed by atoms with Gasteiger partial charge in [0, 0.05) is 12.7 Å². The van der Waals surface area contributed by atoms with Gasteiger partial charge in [-0.3, -0.25) is 0 Å². The third kappa shape index (κ3) is 5.09. The first-order valence-electron chi connectivity index (χ1n) is 4.51. The number of pyridine rings is 1. The quantitative estimate of drug-likeness (QED) is 0.681. The van der Waals surface area contributed by atoms with Gasteiger partial charge >= 0.3 is 5.97 Å². The lowest BCUT2D eigenvalue weighted by Gasteiger charge is -1.98. The Labute approximate surface area is 89.6 Å². The first kappa shape index (κ1) is 13.5. The second-order valence-corrected chi connectivity index (χ2v) is 2.75. The smallest absolute Gasteiger partial charge is 0.356 e. The molecule has 0 saturated carbocycles. The fourth-order valence-corrected chi connectivity index (χ4v) is 0.771. The zero-order chi connectivity index (χ0) is 11.7. The highest BCUT2D eigenvalue weighted by Crippen LogP contribution is 2.00. The normalized spacial score (nSPS) is 8.80. The number of carbonyl (C=O) groups excluding carboxylic acids is 1. The van der Waals surface area contributed by atoms with E-state index in [2.05, 4.69) is 15.0 Å². The number of esters is 1. The van der Waals surface area contributed by atoms with Crippen LogP contribution >= 0.6 is 0 Å². The molecule has 1 heterocycles. The maximum absolute atomic E-state index is 10.9. The van der Waals surface area contributed by atoms with Crippen molar-refractivity contribution < 1.29 is 9.53 Å². The van der Waals surface area contributed by atoms with Crippen molar-refractivity contribution in [2.75, 3.05) is 21.2 Å². The summed E-state index contributed by atoms with van der Waals surface area (Å²) in [5, 5.41) is 2.75. The Morgan fingerprint density at radius 3 is 2.47 bits per heavy atom. The molecule has 0 fully saturated rings. The van der Waals surface area contributed by atoms with Crippen molar-refractivity contribution in [3.8, 4) is 0 Å². The number of methoxy groups -OCH3 is 1. The lowest BCUT2D eigenvalue weighted by atomic mass is 10.2. The van der Waals surface area contributed by atoms with Crippen molar-refractivity contribution in [1.29, 1.82) is 0 Å². The topological polar surface area (TPSA) is 77.2 Å². The lowest BCUT2D eigenvalue weighted by Crippen LogP contribution is -2.05. The van der Waals surface area contributed by atoms with Gasteiger partial charge in [-0.25, -0.2) is 9.78 Å². The monoisotopic (exact) mass is 211 g/mol. The average molecular weight is 211 g/mol. The summed E-state index contributed by atoms with van der Waals surface area (Å²) in [5.41, 5.74) is 6.54. The Hall–Kier alpha value is -1.46. The van der Waals surface area contributed by atoms with Crippen LogP contribution in [0.1, 0.15) is 16.1 Å². The molecule has 1 aromatic rings. The van der Waals surface area contributed by atoms with Crippen molar-refractivity contribution >= 4 is 5.97 Å². The summed E-state index contributed by atoms with van der Waals surface area (Å²) in [6.07, 6.45) is 1.56. The van der Waals surface area contributed by atoms with E-state index in [4.69, 9.17) is 5.73 Å². The number of hydrogen-bond donors (Lipinski definition) is 2. The predicted molar refractivity (Wildman–Crippen MR) is 58.5 cm³/mol. The van der Waals surface area contributed by atoms with Crippen molar-refractivity contribution in [1.82, 2.24) is 10.3 Å². The highest BCUT2D eigenvalue weighted by atomic mass is 16.5. The minimum Gasteiger partial charge on any atom is -0.464 e. The highest BCUT2D eigenvalue weighted by Gasteiger charge is 2.04. The SMILES string of the molecule is CNC.COC(=O)c1ccc(CN)cn1. The molecule has 0 radical (unpaired) electrons. The van der Waals surface area contributed by atoms with Gasteiger partial charge in [-0.05, 0) is 25.7 Å². The molecule has 0 saturated heterocycles. The van der Waals surface area contributed by atoms with Crippen LogP contribution in [0.4, 0.5) is 0 Å². The number of nitrogens with two attached hydrogens (primary N) is 1. The molecule has 0 atom stereocenters. The third-order valence-corrected chi connectivity index (χ3v) is 1.45. The molecule has 0 bridgehead atoms. The molecule has 5 nitrogen and oxygen atoms in total. The van der Waals surface area contributed by atoms with Crippen LogP contribution in [0.2, 0.25) is 0 Å². The first-order valence-corrected chi connectivity index (χ1v) is 4.51. The van der Waals surface area contributed by atoms with Gasteiger partial charge in [-0.15, -0.1) is 0 Å². The van der Waals surface area contributed by atoms with Crippen LogP contribution in [-0.2, 0) is 11.3 Å². The fraction of sp³-hybridized carbons (Fsp3) is 0.400. The predicted octanol–water partition coefficient (Wildman–Crippen LogP) is 0.163. The summed E-state index contributed by atoms with van der Waals surface area (Å²) in [4.78, 5) is 14.8. The molecule has 0 amide bonds. The average Bonchev–Trinajstić information content (AvgIpc) is 2.29. The summed E-state index contributed by atoms with van der Waals surface area (Å²) in [5.74, 6) is -0.432. The molecule has 3 N–H and O–H groups in total. The molecule has 0 aliphatic carbocycles. The van der Waals surface area contributed by atoms with Gasteiger partial charge in [0.2, 0.25) is 0 Å². The number of aromatic nitrogens is 1. The van der Waals surface area contributed by atoms with Crippen LogP contribution in [0, 0.1) is 0 Å². The second-order valence-electron chi connectivity index (χ2n) is 2.75. The Bertz CT molecular complexity index is 285. The number of nitrogens with zero attached hydrogens (tertiary/aromatic N) is 1. The van der Waals surface area contributed by atoms with E-state index in [9.17, 15) is 4.79 Å². The van der Waals surface area contributed by atoms with E-state index in [1.54, 1.807) is 18.3 Å². The zero-order valence-electron chi connectivity index (χ0n) is 9.28. The standard InChI is InChI=1S/C8H10N2O2.C2H7N/c1-12-8(11)7-3-2-6(4-9)5-10-7;1-3-2/h2-3,5H,4,9H2,1H3;3H,1-2H3. The maximum Gasteiger partial charge on any atom is 0.356 e. The van der Waals surface area contributed by atoms with Crippen LogP contribution < -0.4 is 11.1 Å². The molecule has 15 heavy (non-hydrogen) atoms. The van der Waals surface area contributed by atoms with E-state index in [0.717, 1.165) is 5.56 Å². The second kappa shape index (κ2) is 7.90. The van der Waals surface area contributed by atoms with Crippen LogP contribution in [0.5, 0.6) is 0 Å². The van der Waals surface area contributed by atoms with Crippen molar-refractivity contribution in [2.45, 2.75) is 6.54 Å². The van der Waals surface area contributed by atoms with Gasteiger partial charge < -0.3 is 15.8 Å². The number of nitrogens with one attached hydrogen (secondary N) is 1. The van der Waals surface area contributed by atoms with Gasteiger partial charge in [0.25, 0.3) is 0 Å². The summed E-state index contributed by atoms with van der Waals surface area (Å²) < 4.78 is 4.48. The number of hydrogen-bond acceptors (Lipinski definition) is 5. The first-order chi connectivity index (χ1) is 7.19. The zero-order valence-corrected chi connectivity index (χ0v) is 9.28. The molecule has 5 heteroatoms. The van der Waals surface area contributed by atoms with E-state index in [0.29, 0.717) is 12.2 Å². The van der Waals surface area contributed by atoms with Crippen molar-refractivity contribution in [3.05, 3.63) is 29.6 Å². The van der Waals surface area contributed by atoms with Gasteiger partial charge in [-0.2, -0.15) is 0 Å². The number of carbonyl (C=O) groups is 1. The molecule has 0 aliphatic rings. The molecule has 0 aliphatic heterocycles. The number of rotatable bonds is 2. The largest absolute Gasteiger partial charge is 0.464 e. The van der Waals surface area contributed by atoms with Gasteiger partial charge in [0.1, 0.15) is 5.69 Å². The summed E-state index contributed by atoms with van der Waals surface area (Å²) in [6, 6.07) is 3.34. The number of ether oxygens (including phenoxy) is 1. The van der Waals surface area contributed by atoms with E-state index >= 15 is 0 Å². The minimum absolute atomic E-state index is 0.301. The van der Waals surface area contributed by atoms with Crippen molar-refractivity contribution in [3.63, 3.8) is 0 Å². The third-order valence-electron chi connectivity index (χ3n) is 1.45. The Kier molecular flexibility index (Phi) is 7.13. The molecule has 1 rings (SSSR count).